The number of ether oxygens (including phenoxy) is 2. The van der Waals surface area contributed by atoms with E-state index in [0.717, 1.165) is 72.2 Å². The summed E-state index contributed by atoms with van der Waals surface area (Å²) in [6.07, 6.45) is 9.10. The number of hydrogen-bond donors (Lipinski definition) is 4. The number of aliphatic hydroxyl groups excluding tert-OH is 2. The summed E-state index contributed by atoms with van der Waals surface area (Å²) in [4.78, 5) is 4.88. The molecular formula is C34H36N2O6. The van der Waals surface area contributed by atoms with Crippen LogP contribution in [0.3, 0.4) is 0 Å². The Bertz CT molecular complexity index is 1550. The minimum atomic E-state index is -0.734. The summed E-state index contributed by atoms with van der Waals surface area (Å²) in [7, 11) is 4.38. The van der Waals surface area contributed by atoms with Crippen molar-refractivity contribution in [1.29, 1.82) is 0 Å². The first-order valence-electron chi connectivity index (χ1n) is 15.5. The maximum absolute atomic E-state index is 11.6. The topological polar surface area (TPSA) is 106 Å². The average molecular weight is 569 g/mol. The van der Waals surface area contributed by atoms with E-state index in [-0.39, 0.29) is 35.4 Å². The highest BCUT2D eigenvalue weighted by Gasteiger charge is 2.66. The first-order valence-corrected chi connectivity index (χ1v) is 15.5. The SMILES string of the molecule is CN1CCC23c4c5c(-c6cc(O)c7c8c6CC6C9C=CC(O)C(O7)C89CCN6C)cc(O)c4OC2C(O)C=CC3C1C5. The highest BCUT2D eigenvalue weighted by atomic mass is 16.5. The summed E-state index contributed by atoms with van der Waals surface area (Å²) in [6, 6.07) is 4.16. The molecule has 4 aliphatic heterocycles. The van der Waals surface area contributed by atoms with Gasteiger partial charge in [0.25, 0.3) is 0 Å². The van der Waals surface area contributed by atoms with Crippen LogP contribution in [0.25, 0.3) is 11.1 Å². The van der Waals surface area contributed by atoms with Gasteiger partial charge in [-0.3, -0.25) is 0 Å². The fourth-order valence-electron chi connectivity index (χ4n) is 11.1. The fourth-order valence-corrected chi connectivity index (χ4v) is 11.1. The van der Waals surface area contributed by atoms with E-state index in [1.807, 2.05) is 24.3 Å². The molecule has 4 N–H and O–H groups in total. The predicted octanol–water partition coefficient (Wildman–Crippen LogP) is 2.38. The summed E-state index contributed by atoms with van der Waals surface area (Å²) in [5.74, 6) is 1.62. The standard InChI is InChI=1S/C34H36N2O6/c1-35-9-7-33-19-3-5-23(37)31(33)41-29-25(39)13-15(17(27(29)33)11-21(19)35)16-14-26(40)30-28-18(16)12-22-20-4-6-24(38)32(42-30)34(20,28)8-10-36(22)2/h3-6,13-14,19-24,31-32,37-40H,7-12H2,1-2H3. The first-order chi connectivity index (χ1) is 20.3. The van der Waals surface area contributed by atoms with Crippen molar-refractivity contribution >= 4 is 0 Å². The van der Waals surface area contributed by atoms with Crippen LogP contribution in [0, 0.1) is 11.8 Å². The second-order valence-electron chi connectivity index (χ2n) is 14.2. The Morgan fingerprint density at radius 3 is 1.55 bits per heavy atom. The Kier molecular flexibility index (Phi) is 4.38. The molecule has 0 aromatic heterocycles. The van der Waals surface area contributed by atoms with Crippen molar-refractivity contribution < 1.29 is 29.9 Å². The zero-order chi connectivity index (χ0) is 28.4. The highest BCUT2D eigenvalue weighted by molar-refractivity contribution is 5.83. The molecule has 2 aromatic rings. The number of likely N-dealkylation sites (tertiary alicyclic amines) is 2. The smallest absolute Gasteiger partial charge is 0.165 e. The molecule has 218 valence electrons. The van der Waals surface area contributed by atoms with Crippen LogP contribution in [0.15, 0.2) is 36.4 Å². The number of hydrogen-bond acceptors (Lipinski definition) is 8. The van der Waals surface area contributed by atoms with Crippen LogP contribution in [-0.4, -0.2) is 93.9 Å². The van der Waals surface area contributed by atoms with Crippen LogP contribution >= 0.6 is 0 Å². The molecule has 8 aliphatic rings. The fraction of sp³-hybridized carbons (Fsp3) is 0.529. The molecule has 8 heteroatoms. The molecule has 2 saturated heterocycles. The summed E-state index contributed by atoms with van der Waals surface area (Å²) in [5.41, 5.74) is 5.52. The third-order valence-corrected chi connectivity index (χ3v) is 12.8. The van der Waals surface area contributed by atoms with E-state index in [1.165, 1.54) is 0 Å². The van der Waals surface area contributed by atoms with Gasteiger partial charge in [-0.05, 0) is 87.3 Å². The molecule has 4 heterocycles. The van der Waals surface area contributed by atoms with Crippen molar-refractivity contribution in [3.63, 3.8) is 0 Å². The van der Waals surface area contributed by atoms with Crippen molar-refractivity contribution in [3.05, 3.63) is 58.7 Å². The van der Waals surface area contributed by atoms with Crippen molar-refractivity contribution in [3.8, 4) is 34.1 Å². The average Bonchev–Trinajstić information content (AvgIpc) is 3.51. The molecule has 0 saturated carbocycles. The number of phenolic OH excluding ortho intramolecular Hbond substituents is 2. The molecule has 10 atom stereocenters. The number of likely N-dealkylation sites (N-methyl/N-ethyl adjacent to an activating group) is 2. The lowest BCUT2D eigenvalue weighted by Crippen LogP contribution is -2.65. The van der Waals surface area contributed by atoms with Gasteiger partial charge in [0.15, 0.2) is 23.0 Å². The van der Waals surface area contributed by atoms with Crippen LogP contribution in [0.2, 0.25) is 0 Å². The van der Waals surface area contributed by atoms with E-state index < -0.39 is 35.2 Å². The molecule has 10 unspecified atom stereocenters. The van der Waals surface area contributed by atoms with Crippen molar-refractivity contribution in [2.24, 2.45) is 11.8 Å². The Hall–Kier alpha value is -3.04. The Morgan fingerprint density at radius 1 is 0.690 bits per heavy atom. The number of aliphatic hydroxyl groups is 2. The number of piperidine rings is 2. The van der Waals surface area contributed by atoms with E-state index in [4.69, 9.17) is 9.47 Å². The molecule has 2 fully saturated rings. The van der Waals surface area contributed by atoms with E-state index in [0.29, 0.717) is 11.5 Å². The zero-order valence-corrected chi connectivity index (χ0v) is 23.8. The van der Waals surface area contributed by atoms with Crippen LogP contribution in [-0.2, 0) is 23.7 Å². The summed E-state index contributed by atoms with van der Waals surface area (Å²) < 4.78 is 13.0. The van der Waals surface area contributed by atoms with E-state index in [9.17, 15) is 20.4 Å². The van der Waals surface area contributed by atoms with Gasteiger partial charge >= 0.3 is 0 Å². The second kappa shape index (κ2) is 7.53. The second-order valence-corrected chi connectivity index (χ2v) is 14.2. The van der Waals surface area contributed by atoms with Gasteiger partial charge in [-0.25, -0.2) is 0 Å². The van der Waals surface area contributed by atoms with Gasteiger partial charge in [0, 0.05) is 45.9 Å². The van der Waals surface area contributed by atoms with Crippen LogP contribution < -0.4 is 9.47 Å². The summed E-state index contributed by atoms with van der Waals surface area (Å²) >= 11 is 0. The van der Waals surface area contributed by atoms with Crippen LogP contribution in [0.1, 0.15) is 35.1 Å². The molecule has 2 spiro atoms. The summed E-state index contributed by atoms with van der Waals surface area (Å²) in [5, 5.41) is 45.4. The first kappa shape index (κ1) is 24.4. The molecule has 0 amide bonds. The minimum absolute atomic E-state index is 0.0948. The lowest BCUT2D eigenvalue weighted by Gasteiger charge is -2.57. The Balaban J connectivity index is 1.26. The van der Waals surface area contributed by atoms with Crippen LogP contribution in [0.5, 0.6) is 23.0 Å². The highest BCUT2D eigenvalue weighted by Crippen LogP contribution is 2.67. The van der Waals surface area contributed by atoms with Crippen molar-refractivity contribution in [2.75, 3.05) is 27.2 Å². The Morgan fingerprint density at radius 2 is 1.12 bits per heavy atom. The number of phenols is 2. The normalized spacial score (nSPS) is 43.0. The third-order valence-electron chi connectivity index (χ3n) is 12.8. The number of nitrogens with zero attached hydrogens (tertiary/aromatic N) is 2. The molecule has 2 aromatic carbocycles. The maximum atomic E-state index is 11.6. The number of aromatic hydroxyl groups is 2. The molecule has 4 aliphatic carbocycles. The lowest BCUT2D eigenvalue weighted by atomic mass is 9.52. The largest absolute Gasteiger partial charge is 0.504 e. The van der Waals surface area contributed by atoms with Gasteiger partial charge in [0.05, 0.1) is 0 Å². The summed E-state index contributed by atoms with van der Waals surface area (Å²) in [6.45, 7) is 1.81. The monoisotopic (exact) mass is 568 g/mol. The zero-order valence-electron chi connectivity index (χ0n) is 23.8. The lowest BCUT2D eigenvalue weighted by molar-refractivity contribution is -0.0454. The number of benzene rings is 2. The molecule has 8 nitrogen and oxygen atoms in total. The van der Waals surface area contributed by atoms with Crippen LogP contribution in [0.4, 0.5) is 0 Å². The van der Waals surface area contributed by atoms with Gasteiger partial charge in [0.2, 0.25) is 0 Å². The van der Waals surface area contributed by atoms with Gasteiger partial charge < -0.3 is 39.7 Å². The quantitative estimate of drug-likeness (QED) is 0.389. The van der Waals surface area contributed by atoms with E-state index >= 15 is 0 Å². The molecule has 42 heavy (non-hydrogen) atoms. The van der Waals surface area contributed by atoms with Gasteiger partial charge in [-0.15, -0.1) is 0 Å². The maximum Gasteiger partial charge on any atom is 0.165 e. The van der Waals surface area contributed by atoms with Crippen molar-refractivity contribution in [2.45, 2.75) is 73.0 Å². The van der Waals surface area contributed by atoms with E-state index in [2.05, 4.69) is 36.0 Å². The number of rotatable bonds is 1. The minimum Gasteiger partial charge on any atom is -0.504 e. The van der Waals surface area contributed by atoms with Gasteiger partial charge in [-0.1, -0.05) is 24.3 Å². The Labute approximate surface area is 244 Å². The molecular weight excluding hydrogens is 532 g/mol. The van der Waals surface area contributed by atoms with E-state index in [1.54, 1.807) is 0 Å². The predicted molar refractivity (Wildman–Crippen MR) is 154 cm³/mol. The molecule has 0 radical (unpaired) electrons. The third kappa shape index (κ3) is 2.48. The van der Waals surface area contributed by atoms with Gasteiger partial charge in [0.1, 0.15) is 24.4 Å². The molecule has 10 rings (SSSR count). The van der Waals surface area contributed by atoms with Gasteiger partial charge in [-0.2, -0.15) is 0 Å². The van der Waals surface area contributed by atoms with Crippen molar-refractivity contribution in [1.82, 2.24) is 9.80 Å². The molecule has 4 bridgehead atoms.